The highest BCUT2D eigenvalue weighted by Crippen LogP contribution is 2.21. The topological polar surface area (TPSA) is 91.0 Å². The predicted octanol–water partition coefficient (Wildman–Crippen LogP) is 2.56. The highest BCUT2D eigenvalue weighted by Gasteiger charge is 2.14. The zero-order valence-electron chi connectivity index (χ0n) is 16.1. The van der Waals surface area contributed by atoms with Crippen LogP contribution in [0.25, 0.3) is 16.7 Å². The van der Waals surface area contributed by atoms with Gasteiger partial charge in [0.25, 0.3) is 5.56 Å². The normalized spacial score (nSPS) is 10.9. The van der Waals surface area contributed by atoms with Crippen molar-refractivity contribution in [2.45, 2.75) is 13.1 Å². The van der Waals surface area contributed by atoms with Crippen molar-refractivity contribution in [2.75, 3.05) is 7.11 Å². The maximum atomic E-state index is 12.8. The third-order valence-corrected chi connectivity index (χ3v) is 4.92. The third kappa shape index (κ3) is 3.90. The van der Waals surface area contributed by atoms with E-state index in [2.05, 4.69) is 15.4 Å². The summed E-state index contributed by atoms with van der Waals surface area (Å²) in [5.74, 6) is 0.445. The lowest BCUT2D eigenvalue weighted by molar-refractivity contribution is -0.121. The van der Waals surface area contributed by atoms with E-state index in [1.165, 1.54) is 21.8 Å². The van der Waals surface area contributed by atoms with Crippen molar-refractivity contribution < 1.29 is 9.53 Å². The molecule has 0 fully saturated rings. The molecule has 0 unspecified atom stereocenters. The number of carbonyl (C=O) groups excluding carboxylic acids is 1. The van der Waals surface area contributed by atoms with Gasteiger partial charge in [-0.3, -0.25) is 14.2 Å². The molecule has 0 aliphatic carbocycles. The van der Waals surface area contributed by atoms with Crippen LogP contribution in [0.3, 0.4) is 0 Å². The van der Waals surface area contributed by atoms with Crippen molar-refractivity contribution in [1.82, 2.24) is 24.6 Å². The second-order valence-electron chi connectivity index (χ2n) is 6.55. The van der Waals surface area contributed by atoms with Gasteiger partial charge < -0.3 is 10.1 Å². The smallest absolute Gasteiger partial charge is 0.264 e. The number of ether oxygens (including phenoxy) is 1. The first-order valence-corrected chi connectivity index (χ1v) is 9.52. The Hall–Kier alpha value is -3.65. The van der Waals surface area contributed by atoms with Crippen LogP contribution in [-0.4, -0.2) is 32.3 Å². The number of hydrogen-bond acceptors (Lipinski definition) is 5. The molecule has 0 radical (unpaired) electrons. The van der Waals surface area contributed by atoms with Crippen LogP contribution in [0.4, 0.5) is 0 Å². The number of benzene rings is 2. The van der Waals surface area contributed by atoms with Crippen molar-refractivity contribution >= 4 is 28.5 Å². The summed E-state index contributed by atoms with van der Waals surface area (Å²) in [6, 6.07) is 14.5. The van der Waals surface area contributed by atoms with Gasteiger partial charge in [0.15, 0.2) is 5.65 Å². The molecule has 0 spiro atoms. The highest BCUT2D eigenvalue weighted by atomic mass is 35.5. The average Bonchev–Trinajstić information content (AvgIpc) is 3.19. The molecular formula is C21H18ClN5O3. The molecular weight excluding hydrogens is 406 g/mol. The molecule has 0 aliphatic rings. The molecule has 0 bridgehead atoms. The van der Waals surface area contributed by atoms with Crippen LogP contribution in [0, 0.1) is 0 Å². The number of nitrogens with one attached hydrogen (secondary N) is 1. The summed E-state index contributed by atoms with van der Waals surface area (Å²) in [6.45, 7) is 0.201. The molecule has 0 saturated heterocycles. The number of carbonyl (C=O) groups is 1. The zero-order valence-corrected chi connectivity index (χ0v) is 16.8. The van der Waals surface area contributed by atoms with E-state index in [1.807, 2.05) is 36.4 Å². The molecule has 152 valence electrons. The standard InChI is InChI=1S/C21H18ClN5O3/c1-30-15-8-6-14(7-9-15)10-23-19(28)12-26-13-24-20-16(21(26)29)11-25-27(20)18-5-3-2-4-17(18)22/h2-9,11,13H,10,12H2,1H3,(H,23,28). The molecule has 4 rings (SSSR count). The van der Waals surface area contributed by atoms with Gasteiger partial charge in [-0.2, -0.15) is 5.10 Å². The Kier molecular flexibility index (Phi) is 5.49. The lowest BCUT2D eigenvalue weighted by Crippen LogP contribution is -2.32. The molecule has 0 saturated carbocycles. The number of methoxy groups -OCH3 is 1. The molecule has 2 aromatic carbocycles. The van der Waals surface area contributed by atoms with Gasteiger partial charge in [-0.1, -0.05) is 35.9 Å². The fourth-order valence-electron chi connectivity index (χ4n) is 3.02. The predicted molar refractivity (Wildman–Crippen MR) is 113 cm³/mol. The number of hydrogen-bond donors (Lipinski definition) is 1. The molecule has 1 N–H and O–H groups in total. The summed E-state index contributed by atoms with van der Waals surface area (Å²) in [5, 5.41) is 7.83. The summed E-state index contributed by atoms with van der Waals surface area (Å²) in [5.41, 5.74) is 1.57. The molecule has 2 aromatic heterocycles. The lowest BCUT2D eigenvalue weighted by atomic mass is 10.2. The van der Waals surface area contributed by atoms with Crippen LogP contribution in [-0.2, 0) is 17.9 Å². The van der Waals surface area contributed by atoms with Crippen molar-refractivity contribution in [3.05, 3.63) is 82.0 Å². The van der Waals surface area contributed by atoms with Crippen LogP contribution < -0.4 is 15.6 Å². The molecule has 9 heteroatoms. The van der Waals surface area contributed by atoms with Crippen molar-refractivity contribution in [3.63, 3.8) is 0 Å². The summed E-state index contributed by atoms with van der Waals surface area (Å²) in [7, 11) is 1.59. The summed E-state index contributed by atoms with van der Waals surface area (Å²) >= 11 is 6.23. The van der Waals surface area contributed by atoms with Gasteiger partial charge in [0.1, 0.15) is 24.0 Å². The van der Waals surface area contributed by atoms with E-state index in [-0.39, 0.29) is 18.0 Å². The second kappa shape index (κ2) is 8.38. The highest BCUT2D eigenvalue weighted by molar-refractivity contribution is 6.32. The SMILES string of the molecule is COc1ccc(CNC(=O)Cn2cnc3c(cnn3-c3ccccc3Cl)c2=O)cc1. The Labute approximate surface area is 176 Å². The molecule has 2 heterocycles. The van der Waals surface area contributed by atoms with Gasteiger partial charge in [-0.25, -0.2) is 9.67 Å². The van der Waals surface area contributed by atoms with E-state index in [9.17, 15) is 9.59 Å². The summed E-state index contributed by atoms with van der Waals surface area (Å²) in [6.07, 6.45) is 2.77. The average molecular weight is 424 g/mol. The van der Waals surface area contributed by atoms with Crippen LogP contribution >= 0.6 is 11.6 Å². The number of aromatic nitrogens is 4. The Balaban J connectivity index is 1.51. The van der Waals surface area contributed by atoms with Crippen molar-refractivity contribution in [1.29, 1.82) is 0 Å². The van der Waals surface area contributed by atoms with E-state index in [1.54, 1.807) is 19.2 Å². The number of para-hydroxylation sites is 1. The van der Waals surface area contributed by atoms with Crippen LogP contribution in [0.15, 0.2) is 65.8 Å². The Morgan fingerprint density at radius 3 is 2.67 bits per heavy atom. The van der Waals surface area contributed by atoms with E-state index in [0.717, 1.165) is 11.3 Å². The van der Waals surface area contributed by atoms with Gasteiger partial charge in [-0.05, 0) is 29.8 Å². The lowest BCUT2D eigenvalue weighted by Gasteiger charge is -2.09. The van der Waals surface area contributed by atoms with E-state index < -0.39 is 0 Å². The first kappa shape index (κ1) is 19.7. The molecule has 1 amide bonds. The quantitative estimate of drug-likeness (QED) is 0.514. The first-order valence-electron chi connectivity index (χ1n) is 9.14. The fraction of sp³-hybridized carbons (Fsp3) is 0.143. The number of halogens is 1. The Morgan fingerprint density at radius 2 is 1.93 bits per heavy atom. The van der Waals surface area contributed by atoms with Crippen LogP contribution in [0.1, 0.15) is 5.56 Å². The Morgan fingerprint density at radius 1 is 1.17 bits per heavy atom. The monoisotopic (exact) mass is 423 g/mol. The largest absolute Gasteiger partial charge is 0.497 e. The molecule has 8 nitrogen and oxygen atoms in total. The zero-order chi connectivity index (χ0) is 21.1. The van der Waals surface area contributed by atoms with Gasteiger partial charge in [0, 0.05) is 6.54 Å². The minimum absolute atomic E-state index is 0.144. The van der Waals surface area contributed by atoms with Crippen LogP contribution in [0.2, 0.25) is 5.02 Å². The Bertz CT molecular complexity index is 1260. The fourth-order valence-corrected chi connectivity index (χ4v) is 3.23. The molecule has 0 aliphatic heterocycles. The van der Waals surface area contributed by atoms with Crippen LogP contribution in [0.5, 0.6) is 5.75 Å². The van der Waals surface area contributed by atoms with Gasteiger partial charge in [-0.15, -0.1) is 0 Å². The van der Waals surface area contributed by atoms with E-state index >= 15 is 0 Å². The first-order chi connectivity index (χ1) is 14.6. The molecule has 30 heavy (non-hydrogen) atoms. The minimum Gasteiger partial charge on any atom is -0.497 e. The number of nitrogens with zero attached hydrogens (tertiary/aromatic N) is 4. The number of fused-ring (bicyclic) bond motifs is 1. The van der Waals surface area contributed by atoms with Crippen molar-refractivity contribution in [2.24, 2.45) is 0 Å². The number of amides is 1. The van der Waals surface area contributed by atoms with Gasteiger partial charge in [0.05, 0.1) is 24.0 Å². The van der Waals surface area contributed by atoms with Gasteiger partial charge in [0.2, 0.25) is 5.91 Å². The second-order valence-corrected chi connectivity index (χ2v) is 6.95. The maximum absolute atomic E-state index is 12.8. The minimum atomic E-state index is -0.349. The maximum Gasteiger partial charge on any atom is 0.264 e. The van der Waals surface area contributed by atoms with E-state index in [0.29, 0.717) is 28.3 Å². The van der Waals surface area contributed by atoms with Gasteiger partial charge >= 0.3 is 0 Å². The number of rotatable bonds is 6. The third-order valence-electron chi connectivity index (χ3n) is 4.60. The summed E-state index contributed by atoms with van der Waals surface area (Å²) < 4.78 is 7.87. The molecule has 0 atom stereocenters. The molecule has 4 aromatic rings. The van der Waals surface area contributed by atoms with Crippen molar-refractivity contribution in [3.8, 4) is 11.4 Å². The summed E-state index contributed by atoms with van der Waals surface area (Å²) in [4.78, 5) is 29.4. The van der Waals surface area contributed by atoms with E-state index in [4.69, 9.17) is 16.3 Å².